The van der Waals surface area contributed by atoms with Gasteiger partial charge in [0, 0.05) is 6.42 Å². The monoisotopic (exact) mass is 220 g/mol. The van der Waals surface area contributed by atoms with Gasteiger partial charge < -0.3 is 10.2 Å². The van der Waals surface area contributed by atoms with E-state index in [0.29, 0.717) is 5.92 Å². The van der Waals surface area contributed by atoms with Crippen LogP contribution in [0, 0.1) is 0 Å². The van der Waals surface area contributed by atoms with Gasteiger partial charge in [0.05, 0.1) is 6.10 Å². The Hall–Kier alpha value is -1.35. The van der Waals surface area contributed by atoms with Gasteiger partial charge in [-0.15, -0.1) is 0 Å². The molecule has 0 radical (unpaired) electrons. The predicted octanol–water partition coefficient (Wildman–Crippen LogP) is 2.46. The van der Waals surface area contributed by atoms with Crippen LogP contribution in [-0.4, -0.2) is 16.2 Å². The van der Waals surface area contributed by atoms with E-state index < -0.39 is 12.1 Å². The Labute approximate surface area is 94.7 Å². The molecule has 3 nitrogen and oxygen atoms in total. The summed E-state index contributed by atoms with van der Waals surface area (Å²) in [5, 5.41) is 18.3. The third kappa shape index (κ3) is 2.83. The third-order valence-corrected chi connectivity index (χ3v) is 3.00. The molecule has 2 rings (SSSR count). The average molecular weight is 220 g/mol. The predicted molar refractivity (Wildman–Crippen MR) is 60.2 cm³/mol. The molecule has 0 heterocycles. The molecule has 0 saturated heterocycles. The molecule has 1 atom stereocenters. The molecule has 86 valence electrons. The fourth-order valence-corrected chi connectivity index (χ4v) is 1.83. The van der Waals surface area contributed by atoms with Crippen LogP contribution in [-0.2, 0) is 4.79 Å². The number of rotatable bonds is 5. The van der Waals surface area contributed by atoms with Gasteiger partial charge in [-0.05, 0) is 36.3 Å². The Morgan fingerprint density at radius 2 is 1.94 bits per heavy atom. The molecule has 1 aliphatic rings. The smallest absolute Gasteiger partial charge is 0.303 e. The summed E-state index contributed by atoms with van der Waals surface area (Å²) in [6, 6.07) is 7.88. The number of benzene rings is 1. The Morgan fingerprint density at radius 3 is 2.44 bits per heavy atom. The molecule has 3 heteroatoms. The fourth-order valence-electron chi connectivity index (χ4n) is 1.83. The Morgan fingerprint density at radius 1 is 1.31 bits per heavy atom. The van der Waals surface area contributed by atoms with Crippen LogP contribution in [0.5, 0.6) is 0 Å². The maximum atomic E-state index is 10.4. The second-order valence-corrected chi connectivity index (χ2v) is 4.39. The van der Waals surface area contributed by atoms with E-state index in [0.717, 1.165) is 5.56 Å². The van der Waals surface area contributed by atoms with Crippen molar-refractivity contribution in [2.24, 2.45) is 0 Å². The summed E-state index contributed by atoms with van der Waals surface area (Å²) in [6.07, 6.45) is 2.15. The van der Waals surface area contributed by atoms with Gasteiger partial charge in [-0.3, -0.25) is 4.79 Å². The van der Waals surface area contributed by atoms with Crippen molar-refractivity contribution >= 4 is 5.97 Å². The van der Waals surface area contributed by atoms with Gasteiger partial charge in [0.25, 0.3) is 0 Å². The topological polar surface area (TPSA) is 57.5 Å². The minimum Gasteiger partial charge on any atom is -0.481 e. The van der Waals surface area contributed by atoms with Crippen LogP contribution in [0.15, 0.2) is 24.3 Å². The summed E-state index contributed by atoms with van der Waals surface area (Å²) in [4.78, 5) is 10.4. The highest BCUT2D eigenvalue weighted by Gasteiger charge is 2.23. The van der Waals surface area contributed by atoms with Gasteiger partial charge in [-0.1, -0.05) is 24.3 Å². The highest BCUT2D eigenvalue weighted by molar-refractivity contribution is 5.66. The normalized spacial score (nSPS) is 17.1. The molecule has 2 N–H and O–H groups in total. The van der Waals surface area contributed by atoms with E-state index in [2.05, 4.69) is 0 Å². The summed E-state index contributed by atoms with van der Waals surface area (Å²) < 4.78 is 0. The molecule has 1 saturated carbocycles. The molecule has 1 unspecified atom stereocenters. The molecule has 0 aliphatic heterocycles. The zero-order chi connectivity index (χ0) is 11.5. The van der Waals surface area contributed by atoms with E-state index in [4.69, 9.17) is 5.11 Å². The van der Waals surface area contributed by atoms with Crippen molar-refractivity contribution in [2.75, 3.05) is 0 Å². The lowest BCUT2D eigenvalue weighted by Gasteiger charge is -2.10. The van der Waals surface area contributed by atoms with Crippen molar-refractivity contribution in [3.8, 4) is 0 Å². The van der Waals surface area contributed by atoms with Crippen molar-refractivity contribution < 1.29 is 15.0 Å². The molecule has 1 aromatic carbocycles. The highest BCUT2D eigenvalue weighted by atomic mass is 16.4. The maximum Gasteiger partial charge on any atom is 0.303 e. The first kappa shape index (κ1) is 11.1. The van der Waals surface area contributed by atoms with Crippen molar-refractivity contribution in [2.45, 2.75) is 37.7 Å². The molecular formula is C13H16O3. The number of carbonyl (C=O) groups is 1. The van der Waals surface area contributed by atoms with Crippen molar-refractivity contribution in [1.29, 1.82) is 0 Å². The lowest BCUT2D eigenvalue weighted by atomic mass is 10.0. The third-order valence-electron chi connectivity index (χ3n) is 3.00. The molecule has 16 heavy (non-hydrogen) atoms. The van der Waals surface area contributed by atoms with Gasteiger partial charge in [0.1, 0.15) is 0 Å². The number of carboxylic acids is 1. The average Bonchev–Trinajstić information content (AvgIpc) is 3.10. The van der Waals surface area contributed by atoms with E-state index in [9.17, 15) is 9.90 Å². The second-order valence-electron chi connectivity index (χ2n) is 4.39. The second kappa shape index (κ2) is 4.66. The van der Waals surface area contributed by atoms with Crippen molar-refractivity contribution in [3.05, 3.63) is 35.4 Å². The molecule has 1 aliphatic carbocycles. The first-order valence-electron chi connectivity index (χ1n) is 5.66. The lowest BCUT2D eigenvalue weighted by molar-refractivity contribution is -0.137. The van der Waals surface area contributed by atoms with Crippen LogP contribution >= 0.6 is 0 Å². The summed E-state index contributed by atoms with van der Waals surface area (Å²) in [7, 11) is 0. The van der Waals surface area contributed by atoms with Gasteiger partial charge >= 0.3 is 5.97 Å². The quantitative estimate of drug-likeness (QED) is 0.801. The lowest BCUT2D eigenvalue weighted by Crippen LogP contribution is -2.02. The van der Waals surface area contributed by atoms with E-state index in [1.54, 1.807) is 0 Å². The number of aliphatic hydroxyl groups excluding tert-OH is 1. The van der Waals surface area contributed by atoms with Crippen LogP contribution in [0.25, 0.3) is 0 Å². The standard InChI is InChI=1S/C13H16O3/c14-12(7-8-13(15)16)11-5-3-10(4-6-11)9-1-2-9/h3-6,9,12,14H,1-2,7-8H2,(H,15,16). The van der Waals surface area contributed by atoms with Crippen LogP contribution in [0.2, 0.25) is 0 Å². The Bertz CT molecular complexity index is 365. The summed E-state index contributed by atoms with van der Waals surface area (Å²) >= 11 is 0. The van der Waals surface area contributed by atoms with Gasteiger partial charge in [-0.25, -0.2) is 0 Å². The Kier molecular flexibility index (Phi) is 3.25. The highest BCUT2D eigenvalue weighted by Crippen LogP contribution is 2.40. The summed E-state index contributed by atoms with van der Waals surface area (Å²) in [5.41, 5.74) is 2.14. The number of aliphatic hydroxyl groups is 1. The largest absolute Gasteiger partial charge is 0.481 e. The molecule has 0 aromatic heterocycles. The summed E-state index contributed by atoms with van der Waals surface area (Å²) in [5.74, 6) is -0.154. The molecule has 1 fully saturated rings. The SMILES string of the molecule is O=C(O)CCC(O)c1ccc(C2CC2)cc1. The van der Waals surface area contributed by atoms with Crippen molar-refractivity contribution in [3.63, 3.8) is 0 Å². The van der Waals surface area contributed by atoms with Gasteiger partial charge in [-0.2, -0.15) is 0 Å². The maximum absolute atomic E-state index is 10.4. The number of aliphatic carboxylic acids is 1. The van der Waals surface area contributed by atoms with Crippen LogP contribution < -0.4 is 0 Å². The van der Waals surface area contributed by atoms with Gasteiger partial charge in [0.15, 0.2) is 0 Å². The Balaban J connectivity index is 1.94. The first-order valence-corrected chi connectivity index (χ1v) is 5.66. The summed E-state index contributed by atoms with van der Waals surface area (Å²) in [6.45, 7) is 0. The van der Waals surface area contributed by atoms with Gasteiger partial charge in [0.2, 0.25) is 0 Å². The zero-order valence-corrected chi connectivity index (χ0v) is 9.10. The molecule has 0 amide bonds. The first-order chi connectivity index (χ1) is 7.66. The van der Waals surface area contributed by atoms with Crippen LogP contribution in [0.3, 0.4) is 0 Å². The number of carboxylic acid groups (broad SMARTS) is 1. The minimum atomic E-state index is -0.867. The van der Waals surface area contributed by atoms with E-state index in [-0.39, 0.29) is 12.8 Å². The van der Waals surface area contributed by atoms with Crippen LogP contribution in [0.1, 0.15) is 48.8 Å². The fraction of sp³-hybridized carbons (Fsp3) is 0.462. The molecule has 0 bridgehead atoms. The van der Waals surface area contributed by atoms with E-state index >= 15 is 0 Å². The minimum absolute atomic E-state index is 0.00550. The van der Waals surface area contributed by atoms with E-state index in [1.165, 1.54) is 18.4 Å². The molecule has 0 spiro atoms. The number of hydrogen-bond donors (Lipinski definition) is 2. The van der Waals surface area contributed by atoms with Crippen LogP contribution in [0.4, 0.5) is 0 Å². The molecule has 1 aromatic rings. The molecular weight excluding hydrogens is 204 g/mol. The zero-order valence-electron chi connectivity index (χ0n) is 9.10. The van der Waals surface area contributed by atoms with E-state index in [1.807, 2.05) is 24.3 Å². The number of hydrogen-bond acceptors (Lipinski definition) is 2. The van der Waals surface area contributed by atoms with Crippen molar-refractivity contribution in [1.82, 2.24) is 0 Å².